The third-order valence-electron chi connectivity index (χ3n) is 5.39. The lowest BCUT2D eigenvalue weighted by molar-refractivity contribution is -0.116. The van der Waals surface area contributed by atoms with E-state index in [1.165, 1.54) is 48.8 Å². The number of hydrogen-bond acceptors (Lipinski definition) is 7. The molecule has 1 aliphatic heterocycles. The first-order valence-electron chi connectivity index (χ1n) is 10.3. The van der Waals surface area contributed by atoms with Crippen LogP contribution in [0, 0.1) is 0 Å². The molecule has 0 aliphatic carbocycles. The van der Waals surface area contributed by atoms with Crippen LogP contribution in [0.15, 0.2) is 84.0 Å². The van der Waals surface area contributed by atoms with E-state index in [1.807, 2.05) is 0 Å². The van der Waals surface area contributed by atoms with E-state index in [9.17, 15) is 26.4 Å². The van der Waals surface area contributed by atoms with Crippen LogP contribution in [0.25, 0.3) is 0 Å². The van der Waals surface area contributed by atoms with Gasteiger partial charge in [-0.1, -0.05) is 24.3 Å². The topological polar surface area (TPSA) is 131 Å². The first-order chi connectivity index (χ1) is 16.2. The molecule has 0 radical (unpaired) electrons. The van der Waals surface area contributed by atoms with E-state index in [2.05, 4.69) is 10.3 Å². The molecule has 3 aromatic rings. The van der Waals surface area contributed by atoms with Crippen LogP contribution in [0.5, 0.6) is 0 Å². The molecule has 1 N–H and O–H groups in total. The number of hydrogen-bond donors (Lipinski definition) is 1. The molecule has 176 valence electrons. The molecule has 1 aromatic heterocycles. The Morgan fingerprint density at radius 2 is 1.74 bits per heavy atom. The molecular formula is C23H21N3O6S2. The van der Waals surface area contributed by atoms with Crippen LogP contribution < -0.4 is 9.62 Å². The Kier molecular flexibility index (Phi) is 6.49. The number of carbonyl (C=O) groups is 2. The number of nitrogens with one attached hydrogen (secondary N) is 1. The second-order valence-electron chi connectivity index (χ2n) is 7.61. The maximum atomic E-state index is 13.3. The summed E-state index contributed by atoms with van der Waals surface area (Å²) in [6.07, 6.45) is 2.89. The lowest BCUT2D eigenvalue weighted by Gasteiger charge is -2.19. The van der Waals surface area contributed by atoms with Crippen molar-refractivity contribution < 1.29 is 26.4 Å². The van der Waals surface area contributed by atoms with Gasteiger partial charge in [0.15, 0.2) is 9.84 Å². The van der Waals surface area contributed by atoms with Crippen LogP contribution in [0.3, 0.4) is 0 Å². The van der Waals surface area contributed by atoms with E-state index in [-0.39, 0.29) is 34.9 Å². The van der Waals surface area contributed by atoms with Crippen molar-refractivity contribution in [2.75, 3.05) is 16.6 Å². The number of nitrogens with zero attached hydrogens (tertiary/aromatic N) is 2. The largest absolute Gasteiger partial charge is 0.350 e. The van der Waals surface area contributed by atoms with Crippen molar-refractivity contribution in [2.24, 2.45) is 0 Å². The monoisotopic (exact) mass is 499 g/mol. The molecule has 34 heavy (non-hydrogen) atoms. The zero-order chi connectivity index (χ0) is 24.3. The Labute approximate surface area is 197 Å². The van der Waals surface area contributed by atoms with Crippen LogP contribution in [-0.2, 0) is 24.7 Å². The molecule has 2 heterocycles. The average molecular weight is 500 g/mol. The van der Waals surface area contributed by atoms with E-state index in [0.29, 0.717) is 5.56 Å². The number of sulfone groups is 1. The first-order valence-corrected chi connectivity index (χ1v) is 13.5. The van der Waals surface area contributed by atoms with Crippen molar-refractivity contribution in [3.05, 3.63) is 90.3 Å². The Morgan fingerprint density at radius 1 is 1.03 bits per heavy atom. The molecule has 0 saturated carbocycles. The van der Waals surface area contributed by atoms with Gasteiger partial charge in [0, 0.05) is 30.9 Å². The predicted octanol–water partition coefficient (Wildman–Crippen LogP) is 2.09. The summed E-state index contributed by atoms with van der Waals surface area (Å²) < 4.78 is 51.5. The molecule has 9 nitrogen and oxygen atoms in total. The molecule has 0 bridgehead atoms. The number of amides is 2. The zero-order valence-corrected chi connectivity index (χ0v) is 19.5. The molecule has 1 saturated heterocycles. The van der Waals surface area contributed by atoms with Gasteiger partial charge in [-0.3, -0.25) is 14.6 Å². The van der Waals surface area contributed by atoms with Gasteiger partial charge < -0.3 is 5.32 Å². The van der Waals surface area contributed by atoms with Gasteiger partial charge in [-0.15, -0.1) is 0 Å². The quantitative estimate of drug-likeness (QED) is 0.527. The fourth-order valence-corrected chi connectivity index (χ4v) is 6.78. The second kappa shape index (κ2) is 9.35. The minimum atomic E-state index is -3.83. The Morgan fingerprint density at radius 3 is 2.32 bits per heavy atom. The maximum Gasteiger partial charge on any atom is 0.251 e. The Bertz CT molecular complexity index is 1410. The van der Waals surface area contributed by atoms with Crippen molar-refractivity contribution in [1.29, 1.82) is 0 Å². The molecule has 2 aromatic carbocycles. The SMILES string of the molecule is O=C(NC[C@@H](c1cccnc1)S(=O)(=O)c1ccccc1)c1ccc(N2C(=O)CCS2(=O)=O)cc1. The highest BCUT2D eigenvalue weighted by Crippen LogP contribution is 2.28. The van der Waals surface area contributed by atoms with Gasteiger partial charge in [-0.05, 0) is 48.0 Å². The molecule has 11 heteroatoms. The third kappa shape index (κ3) is 4.70. The number of rotatable bonds is 7. The fraction of sp³-hybridized carbons (Fsp3) is 0.174. The Hall–Kier alpha value is -3.57. The van der Waals surface area contributed by atoms with E-state index >= 15 is 0 Å². The van der Waals surface area contributed by atoms with E-state index in [0.717, 1.165) is 4.31 Å². The molecule has 2 amide bonds. The summed E-state index contributed by atoms with van der Waals surface area (Å²) in [6.45, 7) is -0.206. The van der Waals surface area contributed by atoms with Crippen LogP contribution in [-0.4, -0.2) is 45.9 Å². The van der Waals surface area contributed by atoms with E-state index in [1.54, 1.807) is 30.3 Å². The maximum absolute atomic E-state index is 13.3. The molecule has 0 unspecified atom stereocenters. The number of aromatic nitrogens is 1. The number of sulfonamides is 1. The summed E-state index contributed by atoms with van der Waals surface area (Å²) in [6, 6.07) is 16.7. The van der Waals surface area contributed by atoms with Crippen LogP contribution in [0.2, 0.25) is 0 Å². The van der Waals surface area contributed by atoms with Gasteiger partial charge in [0.05, 0.1) is 16.3 Å². The highest BCUT2D eigenvalue weighted by atomic mass is 32.2. The van der Waals surface area contributed by atoms with Crippen molar-refractivity contribution in [2.45, 2.75) is 16.6 Å². The molecule has 4 rings (SSSR count). The van der Waals surface area contributed by atoms with Crippen LogP contribution in [0.4, 0.5) is 5.69 Å². The lowest BCUT2D eigenvalue weighted by Crippen LogP contribution is -2.32. The van der Waals surface area contributed by atoms with Crippen molar-refractivity contribution in [3.63, 3.8) is 0 Å². The summed E-state index contributed by atoms with van der Waals surface area (Å²) in [7, 11) is -7.54. The molecule has 0 spiro atoms. The van der Waals surface area contributed by atoms with Crippen molar-refractivity contribution in [3.8, 4) is 0 Å². The van der Waals surface area contributed by atoms with Gasteiger partial charge in [0.2, 0.25) is 15.9 Å². The first kappa shape index (κ1) is 23.6. The molecule has 1 aliphatic rings. The second-order valence-corrected chi connectivity index (χ2v) is 11.7. The smallest absolute Gasteiger partial charge is 0.251 e. The number of benzene rings is 2. The summed E-state index contributed by atoms with van der Waals surface area (Å²) in [5, 5.41) is 1.57. The number of anilines is 1. The minimum absolute atomic E-state index is 0.0871. The minimum Gasteiger partial charge on any atom is -0.350 e. The van der Waals surface area contributed by atoms with Gasteiger partial charge in [0.25, 0.3) is 5.91 Å². The lowest BCUT2D eigenvalue weighted by atomic mass is 10.1. The van der Waals surface area contributed by atoms with Crippen LogP contribution >= 0.6 is 0 Å². The summed E-state index contributed by atoms with van der Waals surface area (Å²) in [5.41, 5.74) is 0.772. The molecular weight excluding hydrogens is 478 g/mol. The summed E-state index contributed by atoms with van der Waals surface area (Å²) in [4.78, 5) is 28.8. The normalized spacial score (nSPS) is 16.2. The standard InChI is InChI=1S/C23H21N3O6S2/c27-22-12-14-33(29,30)26(22)19-10-8-17(9-11-19)23(28)25-16-21(18-5-4-13-24-15-18)34(31,32)20-6-2-1-3-7-20/h1-11,13,15,21H,12,14,16H2,(H,25,28)/t21-/m0/s1. The Balaban J connectivity index is 1.54. The van der Waals surface area contributed by atoms with E-state index < -0.39 is 36.9 Å². The molecule has 1 atom stereocenters. The zero-order valence-electron chi connectivity index (χ0n) is 17.9. The highest BCUT2D eigenvalue weighted by molar-refractivity contribution is 7.94. The van der Waals surface area contributed by atoms with Gasteiger partial charge in [-0.25, -0.2) is 21.1 Å². The summed E-state index contributed by atoms with van der Waals surface area (Å²) in [5.74, 6) is -1.32. The summed E-state index contributed by atoms with van der Waals surface area (Å²) >= 11 is 0. The predicted molar refractivity (Wildman–Crippen MR) is 125 cm³/mol. The fourth-order valence-electron chi connectivity index (χ4n) is 3.65. The van der Waals surface area contributed by atoms with Gasteiger partial charge in [0.1, 0.15) is 5.25 Å². The number of carbonyl (C=O) groups excluding carboxylic acids is 2. The average Bonchev–Trinajstić information content (AvgIpc) is 3.12. The third-order valence-corrected chi connectivity index (χ3v) is 9.20. The van der Waals surface area contributed by atoms with Gasteiger partial charge in [-0.2, -0.15) is 0 Å². The van der Waals surface area contributed by atoms with Crippen molar-refractivity contribution in [1.82, 2.24) is 10.3 Å². The van der Waals surface area contributed by atoms with Crippen molar-refractivity contribution >= 4 is 37.4 Å². The number of pyridine rings is 1. The van der Waals surface area contributed by atoms with Gasteiger partial charge >= 0.3 is 0 Å². The van der Waals surface area contributed by atoms with E-state index in [4.69, 9.17) is 0 Å². The highest BCUT2D eigenvalue weighted by Gasteiger charge is 2.36. The molecule has 1 fully saturated rings. The van der Waals surface area contributed by atoms with Crippen LogP contribution in [0.1, 0.15) is 27.6 Å².